The van der Waals surface area contributed by atoms with E-state index in [4.69, 9.17) is 14.7 Å². The van der Waals surface area contributed by atoms with Crippen molar-refractivity contribution in [3.8, 4) is 46.7 Å². The monoisotopic (exact) mass is 429 g/mol. The van der Waals surface area contributed by atoms with E-state index in [0.717, 1.165) is 5.52 Å². The maximum Gasteiger partial charge on any atom is 0.172 e. The van der Waals surface area contributed by atoms with Crippen LogP contribution in [0.1, 0.15) is 11.1 Å². The summed E-state index contributed by atoms with van der Waals surface area (Å²) in [5.74, 6) is 2.38. The number of para-hydroxylation sites is 1. The van der Waals surface area contributed by atoms with Crippen molar-refractivity contribution in [2.75, 3.05) is 0 Å². The van der Waals surface area contributed by atoms with Crippen LogP contribution >= 0.6 is 0 Å². The van der Waals surface area contributed by atoms with E-state index in [9.17, 15) is 5.26 Å². The molecule has 33 heavy (non-hydrogen) atoms. The number of imidazole rings is 1. The Bertz CT molecular complexity index is 1530. The fourth-order valence-electron chi connectivity index (χ4n) is 3.29. The van der Waals surface area contributed by atoms with E-state index in [2.05, 4.69) is 27.1 Å². The van der Waals surface area contributed by atoms with E-state index in [1.54, 1.807) is 66.9 Å². The second kappa shape index (κ2) is 8.54. The van der Waals surface area contributed by atoms with Gasteiger partial charge in [0.05, 0.1) is 28.2 Å². The smallest absolute Gasteiger partial charge is 0.172 e. The molecule has 0 unspecified atom stereocenters. The molecule has 0 saturated carbocycles. The Morgan fingerprint density at radius 3 is 2.30 bits per heavy atom. The lowest BCUT2D eigenvalue weighted by molar-refractivity contribution is 0.419. The Kier molecular flexibility index (Phi) is 5.12. The van der Waals surface area contributed by atoms with Gasteiger partial charge in [0.15, 0.2) is 17.3 Å². The summed E-state index contributed by atoms with van der Waals surface area (Å²) < 4.78 is 12.2. The number of ether oxygens (including phenoxy) is 2. The maximum atomic E-state index is 9.44. The normalized spacial score (nSPS) is 10.4. The molecule has 5 rings (SSSR count). The van der Waals surface area contributed by atoms with E-state index >= 15 is 0 Å². The number of nitriles is 2. The van der Waals surface area contributed by atoms with Crippen LogP contribution in [0, 0.1) is 22.7 Å². The first kappa shape index (κ1) is 19.8. The summed E-state index contributed by atoms with van der Waals surface area (Å²) in [6, 6.07) is 27.1. The van der Waals surface area contributed by atoms with Crippen molar-refractivity contribution in [3.63, 3.8) is 0 Å². The summed E-state index contributed by atoms with van der Waals surface area (Å²) in [4.78, 5) is 12.3. The Balaban J connectivity index is 1.60. The van der Waals surface area contributed by atoms with Gasteiger partial charge in [-0.1, -0.05) is 18.2 Å². The van der Waals surface area contributed by atoms with Gasteiger partial charge in [-0.2, -0.15) is 10.5 Å². The average Bonchev–Trinajstić information content (AvgIpc) is 3.28. The molecule has 0 aliphatic rings. The first-order chi connectivity index (χ1) is 16.2. The molecule has 0 radical (unpaired) electrons. The van der Waals surface area contributed by atoms with Gasteiger partial charge in [-0.15, -0.1) is 0 Å². The molecule has 3 aromatic carbocycles. The number of pyridine rings is 1. The molecule has 2 heterocycles. The molecule has 0 atom stereocenters. The highest BCUT2D eigenvalue weighted by molar-refractivity contribution is 5.83. The van der Waals surface area contributed by atoms with Gasteiger partial charge in [0.1, 0.15) is 23.3 Å². The summed E-state index contributed by atoms with van der Waals surface area (Å²) in [5, 5.41) is 18.5. The predicted molar refractivity (Wildman–Crippen MR) is 122 cm³/mol. The van der Waals surface area contributed by atoms with Gasteiger partial charge < -0.3 is 14.5 Å². The number of benzene rings is 3. The van der Waals surface area contributed by atoms with Crippen molar-refractivity contribution in [2.45, 2.75) is 0 Å². The van der Waals surface area contributed by atoms with Crippen LogP contribution in [0.4, 0.5) is 0 Å². The summed E-state index contributed by atoms with van der Waals surface area (Å²) in [7, 11) is 0. The highest BCUT2D eigenvalue weighted by atomic mass is 16.5. The third-order valence-electron chi connectivity index (χ3n) is 4.89. The second-order valence-corrected chi connectivity index (χ2v) is 7.06. The van der Waals surface area contributed by atoms with Gasteiger partial charge in [0, 0.05) is 18.3 Å². The van der Waals surface area contributed by atoms with Gasteiger partial charge in [-0.3, -0.25) is 4.98 Å². The molecular formula is C26H15N5O2. The lowest BCUT2D eigenvalue weighted by atomic mass is 10.2. The van der Waals surface area contributed by atoms with Crippen LogP contribution in [0.2, 0.25) is 0 Å². The first-order valence-electron chi connectivity index (χ1n) is 10.0. The standard InChI is InChI=1S/C26H15N5O2/c27-15-17-8-10-19(11-9-17)32-24-13-21-22(31-26(30-21)20-6-3-4-12-29-20)14-25(24)33-23-7-2-1-5-18(23)16-28/h1-14H,(H,30,31). The van der Waals surface area contributed by atoms with Gasteiger partial charge in [-0.05, 0) is 48.5 Å². The molecule has 7 heteroatoms. The van der Waals surface area contributed by atoms with Crippen LogP contribution in [0.5, 0.6) is 23.0 Å². The maximum absolute atomic E-state index is 9.44. The van der Waals surface area contributed by atoms with E-state index in [1.807, 2.05) is 18.2 Å². The Morgan fingerprint density at radius 1 is 0.758 bits per heavy atom. The third-order valence-corrected chi connectivity index (χ3v) is 4.89. The highest BCUT2D eigenvalue weighted by Crippen LogP contribution is 2.39. The number of hydrogen-bond donors (Lipinski definition) is 1. The quantitative estimate of drug-likeness (QED) is 0.370. The molecule has 5 aromatic rings. The van der Waals surface area contributed by atoms with E-state index in [0.29, 0.717) is 51.2 Å². The summed E-state index contributed by atoms with van der Waals surface area (Å²) in [5.41, 5.74) is 3.04. The fraction of sp³-hybridized carbons (Fsp3) is 0. The van der Waals surface area contributed by atoms with Crippen molar-refractivity contribution < 1.29 is 9.47 Å². The largest absolute Gasteiger partial charge is 0.453 e. The molecule has 0 amide bonds. The minimum atomic E-state index is 0.397. The average molecular weight is 429 g/mol. The third kappa shape index (κ3) is 4.07. The number of rotatable bonds is 5. The minimum absolute atomic E-state index is 0.397. The molecule has 0 spiro atoms. The molecule has 0 saturated heterocycles. The van der Waals surface area contributed by atoms with Crippen LogP contribution in [0.25, 0.3) is 22.6 Å². The van der Waals surface area contributed by atoms with E-state index in [-0.39, 0.29) is 0 Å². The molecule has 0 fully saturated rings. The molecular weight excluding hydrogens is 414 g/mol. The Morgan fingerprint density at radius 2 is 1.55 bits per heavy atom. The van der Waals surface area contributed by atoms with Crippen molar-refractivity contribution in [2.24, 2.45) is 0 Å². The Hall–Kier alpha value is -5.14. The van der Waals surface area contributed by atoms with Crippen molar-refractivity contribution in [1.82, 2.24) is 15.0 Å². The SMILES string of the molecule is N#Cc1ccc(Oc2cc3[nH]c(-c4ccccn4)nc3cc2Oc2ccccc2C#N)cc1. The fourth-order valence-corrected chi connectivity index (χ4v) is 3.29. The van der Waals surface area contributed by atoms with Gasteiger partial charge >= 0.3 is 0 Å². The second-order valence-electron chi connectivity index (χ2n) is 7.06. The lowest BCUT2D eigenvalue weighted by Gasteiger charge is -2.13. The molecule has 0 aliphatic heterocycles. The van der Waals surface area contributed by atoms with Gasteiger partial charge in [0.2, 0.25) is 0 Å². The van der Waals surface area contributed by atoms with E-state index < -0.39 is 0 Å². The van der Waals surface area contributed by atoms with Crippen molar-refractivity contribution in [1.29, 1.82) is 10.5 Å². The predicted octanol–water partition coefficient (Wildman–Crippen LogP) is 5.95. The van der Waals surface area contributed by atoms with Gasteiger partial charge in [0.25, 0.3) is 0 Å². The number of hydrogen-bond acceptors (Lipinski definition) is 6. The number of aromatic amines is 1. The van der Waals surface area contributed by atoms with Crippen LogP contribution < -0.4 is 9.47 Å². The summed E-state index contributed by atoms with van der Waals surface area (Å²) in [6.07, 6.45) is 1.70. The zero-order chi connectivity index (χ0) is 22.6. The molecule has 7 nitrogen and oxygen atoms in total. The van der Waals surface area contributed by atoms with E-state index in [1.165, 1.54) is 0 Å². The van der Waals surface area contributed by atoms with Gasteiger partial charge in [-0.25, -0.2) is 4.98 Å². The molecule has 1 N–H and O–H groups in total. The molecule has 2 aromatic heterocycles. The molecule has 0 aliphatic carbocycles. The minimum Gasteiger partial charge on any atom is -0.453 e. The zero-order valence-electron chi connectivity index (χ0n) is 17.2. The highest BCUT2D eigenvalue weighted by Gasteiger charge is 2.16. The van der Waals surface area contributed by atoms with Crippen LogP contribution in [-0.4, -0.2) is 15.0 Å². The number of nitrogens with zero attached hydrogens (tertiary/aromatic N) is 4. The number of fused-ring (bicyclic) bond motifs is 1. The number of aromatic nitrogens is 3. The van der Waals surface area contributed by atoms with Crippen LogP contribution in [0.15, 0.2) is 85.1 Å². The van der Waals surface area contributed by atoms with Crippen molar-refractivity contribution >= 4 is 11.0 Å². The topological polar surface area (TPSA) is 108 Å². The first-order valence-corrected chi connectivity index (χ1v) is 10.0. The zero-order valence-corrected chi connectivity index (χ0v) is 17.2. The van der Waals surface area contributed by atoms with Crippen LogP contribution in [-0.2, 0) is 0 Å². The Labute approximate surface area is 189 Å². The lowest BCUT2D eigenvalue weighted by Crippen LogP contribution is -1.93. The molecule has 156 valence electrons. The number of nitrogens with one attached hydrogen (secondary N) is 1. The van der Waals surface area contributed by atoms with Crippen LogP contribution in [0.3, 0.4) is 0 Å². The number of H-pyrrole nitrogens is 1. The summed E-state index contributed by atoms with van der Waals surface area (Å²) in [6.45, 7) is 0. The summed E-state index contributed by atoms with van der Waals surface area (Å²) >= 11 is 0. The van der Waals surface area contributed by atoms with Crippen molar-refractivity contribution in [3.05, 3.63) is 96.2 Å². The molecule has 0 bridgehead atoms.